The van der Waals surface area contributed by atoms with E-state index in [-0.39, 0.29) is 0 Å². The fourth-order valence-corrected chi connectivity index (χ4v) is 10.6. The Bertz CT molecular complexity index is 3500. The number of aryl methyl sites for hydroxylation is 4. The molecule has 2 nitrogen and oxygen atoms in total. The topological polar surface area (TPSA) is 6.48 Å². The fraction of sp³-hybridized carbons (Fsp3) is 0.0588. The van der Waals surface area contributed by atoms with Crippen LogP contribution in [0.3, 0.4) is 0 Å². The van der Waals surface area contributed by atoms with Gasteiger partial charge in [-0.15, -0.1) is 0 Å². The maximum absolute atomic E-state index is 2.46. The minimum Gasteiger partial charge on any atom is -0.310 e. The lowest BCUT2D eigenvalue weighted by atomic mass is 9.91. The van der Waals surface area contributed by atoms with Crippen molar-refractivity contribution in [3.63, 3.8) is 0 Å². The van der Waals surface area contributed by atoms with Crippen molar-refractivity contribution in [3.05, 3.63) is 265 Å². The van der Waals surface area contributed by atoms with Crippen molar-refractivity contribution >= 4 is 66.4 Å². The van der Waals surface area contributed by atoms with Crippen molar-refractivity contribution in [2.75, 3.05) is 9.80 Å². The molecule has 0 aliphatic heterocycles. The number of para-hydroxylation sites is 2. The molecule has 70 heavy (non-hydrogen) atoms. The molecule has 0 aliphatic rings. The fourth-order valence-electron chi connectivity index (χ4n) is 10.6. The van der Waals surface area contributed by atoms with Gasteiger partial charge in [-0.25, -0.2) is 0 Å². The summed E-state index contributed by atoms with van der Waals surface area (Å²) in [6.45, 7) is 8.69. The van der Waals surface area contributed by atoms with E-state index in [0.717, 1.165) is 34.1 Å². The summed E-state index contributed by atoms with van der Waals surface area (Å²) in [4.78, 5) is 4.93. The summed E-state index contributed by atoms with van der Waals surface area (Å²) >= 11 is 0. The Labute approximate surface area is 411 Å². The van der Waals surface area contributed by atoms with Crippen LogP contribution in [-0.2, 0) is 0 Å². The van der Waals surface area contributed by atoms with Crippen molar-refractivity contribution in [1.82, 2.24) is 0 Å². The maximum atomic E-state index is 2.46. The molecule has 0 spiro atoms. The van der Waals surface area contributed by atoms with Crippen LogP contribution in [-0.4, -0.2) is 0 Å². The average molecular weight is 897 g/mol. The lowest BCUT2D eigenvalue weighted by Gasteiger charge is -2.30. The molecule has 0 bridgehead atoms. The monoisotopic (exact) mass is 896 g/mol. The van der Waals surface area contributed by atoms with Gasteiger partial charge in [0.2, 0.25) is 0 Å². The van der Waals surface area contributed by atoms with Crippen LogP contribution >= 0.6 is 0 Å². The normalized spacial score (nSPS) is 11.4. The first kappa shape index (κ1) is 42.6. The predicted octanol–water partition coefficient (Wildman–Crippen LogP) is 19.4. The van der Waals surface area contributed by atoms with Crippen molar-refractivity contribution in [2.45, 2.75) is 27.7 Å². The molecule has 12 aromatic rings. The van der Waals surface area contributed by atoms with Crippen LogP contribution in [0.5, 0.6) is 0 Å². The van der Waals surface area contributed by atoms with Crippen LogP contribution in [0.2, 0.25) is 0 Å². The van der Waals surface area contributed by atoms with Crippen molar-refractivity contribution in [2.24, 2.45) is 0 Å². The van der Waals surface area contributed by atoms with Gasteiger partial charge < -0.3 is 9.80 Å². The van der Waals surface area contributed by atoms with E-state index < -0.39 is 0 Å². The highest BCUT2D eigenvalue weighted by atomic mass is 15.1. The summed E-state index contributed by atoms with van der Waals surface area (Å²) in [5.74, 6) is 0. The smallest absolute Gasteiger partial charge is 0.0540 e. The molecule has 0 aliphatic carbocycles. The van der Waals surface area contributed by atoms with E-state index in [2.05, 4.69) is 280 Å². The second-order valence-electron chi connectivity index (χ2n) is 18.9. The molecule has 0 amide bonds. The van der Waals surface area contributed by atoms with E-state index in [4.69, 9.17) is 0 Å². The van der Waals surface area contributed by atoms with Crippen LogP contribution in [0.4, 0.5) is 34.1 Å². The molecule has 12 aromatic carbocycles. The second kappa shape index (κ2) is 17.7. The van der Waals surface area contributed by atoms with Gasteiger partial charge in [0.25, 0.3) is 0 Å². The first-order chi connectivity index (χ1) is 34.3. The molecule has 0 saturated carbocycles. The summed E-state index contributed by atoms with van der Waals surface area (Å²) in [6, 6.07) is 89.9. The molecule has 0 fully saturated rings. The van der Waals surface area contributed by atoms with Gasteiger partial charge in [-0.2, -0.15) is 0 Å². The van der Waals surface area contributed by atoms with Crippen LogP contribution in [0, 0.1) is 27.7 Å². The molecule has 0 saturated heterocycles. The standard InChI is InChI=1S/C68H52N2/c1-45-15-11-19-51(35-45)55-39-56(52-20-12-16-46(2)36-52)42-61(41-55)69(59-23-7-5-8-24-59)65-33-29-49-28-32-64-66(34-30-50-27-31-63(65)67(49)68(50)64)70(60-25-9-6-10-26-60)62-43-57(53-21-13-17-47(3)37-53)40-58(44-62)54-22-14-18-48(4)38-54/h5-44H,1-4H3. The lowest BCUT2D eigenvalue weighted by Crippen LogP contribution is -2.12. The van der Waals surface area contributed by atoms with E-state index in [1.807, 2.05) is 0 Å². The number of rotatable bonds is 10. The third-order valence-electron chi connectivity index (χ3n) is 13.9. The van der Waals surface area contributed by atoms with E-state index in [1.165, 1.54) is 99.1 Å². The van der Waals surface area contributed by atoms with E-state index >= 15 is 0 Å². The minimum atomic E-state index is 1.10. The highest BCUT2D eigenvalue weighted by Crippen LogP contribution is 2.49. The number of hydrogen-bond acceptors (Lipinski definition) is 2. The van der Waals surface area contributed by atoms with E-state index in [1.54, 1.807) is 0 Å². The Balaban J connectivity index is 1.10. The Morgan fingerprint density at radius 2 is 0.543 bits per heavy atom. The number of anilines is 6. The zero-order chi connectivity index (χ0) is 47.3. The number of benzene rings is 12. The van der Waals surface area contributed by atoms with Crippen LogP contribution in [0.1, 0.15) is 22.3 Å². The molecule has 0 radical (unpaired) electrons. The van der Waals surface area contributed by atoms with Gasteiger partial charge >= 0.3 is 0 Å². The van der Waals surface area contributed by atoms with Crippen molar-refractivity contribution in [3.8, 4) is 44.5 Å². The molecular weight excluding hydrogens is 845 g/mol. The molecule has 0 atom stereocenters. The highest BCUT2D eigenvalue weighted by Gasteiger charge is 2.23. The van der Waals surface area contributed by atoms with Crippen molar-refractivity contribution < 1.29 is 0 Å². The summed E-state index contributed by atoms with van der Waals surface area (Å²) in [6.07, 6.45) is 0. The Hall–Kier alpha value is -8.72. The van der Waals surface area contributed by atoms with Gasteiger partial charge in [0.15, 0.2) is 0 Å². The lowest BCUT2D eigenvalue weighted by molar-refractivity contribution is 1.30. The Morgan fingerprint density at radius 1 is 0.229 bits per heavy atom. The summed E-state index contributed by atoms with van der Waals surface area (Å²) in [5, 5.41) is 7.33. The van der Waals surface area contributed by atoms with Gasteiger partial charge in [0.05, 0.1) is 11.4 Å². The van der Waals surface area contributed by atoms with Crippen LogP contribution in [0.25, 0.3) is 76.8 Å². The zero-order valence-electron chi connectivity index (χ0n) is 40.0. The van der Waals surface area contributed by atoms with Crippen LogP contribution in [0.15, 0.2) is 243 Å². The third kappa shape index (κ3) is 7.94. The quantitative estimate of drug-likeness (QED) is 0.126. The Morgan fingerprint density at radius 3 is 0.857 bits per heavy atom. The molecule has 0 aromatic heterocycles. The third-order valence-corrected chi connectivity index (χ3v) is 13.9. The van der Waals surface area contributed by atoms with Crippen LogP contribution < -0.4 is 9.80 Å². The molecule has 0 N–H and O–H groups in total. The van der Waals surface area contributed by atoms with Gasteiger partial charge in [0, 0.05) is 33.5 Å². The van der Waals surface area contributed by atoms with E-state index in [0.29, 0.717) is 0 Å². The predicted molar refractivity (Wildman–Crippen MR) is 300 cm³/mol. The SMILES string of the molecule is Cc1cccc(-c2cc(-c3cccc(C)c3)cc(N(c3ccccc3)c3ccc4ccc5c(N(c6ccccc6)c6cc(-c7cccc(C)c7)cc(-c7cccc(C)c7)c6)ccc6ccc3c4c65)c2)c1. The number of hydrogen-bond donors (Lipinski definition) is 0. The van der Waals surface area contributed by atoms with E-state index in [9.17, 15) is 0 Å². The zero-order valence-corrected chi connectivity index (χ0v) is 40.0. The molecule has 0 unspecified atom stereocenters. The largest absolute Gasteiger partial charge is 0.310 e. The molecule has 0 heterocycles. The van der Waals surface area contributed by atoms with Gasteiger partial charge in [-0.3, -0.25) is 0 Å². The average Bonchev–Trinajstić information content (AvgIpc) is 3.39. The first-order valence-electron chi connectivity index (χ1n) is 24.3. The van der Waals surface area contributed by atoms with Crippen molar-refractivity contribution in [1.29, 1.82) is 0 Å². The van der Waals surface area contributed by atoms with Gasteiger partial charge in [-0.05, 0) is 167 Å². The molecular formula is C68H52N2. The van der Waals surface area contributed by atoms with Gasteiger partial charge in [0.1, 0.15) is 0 Å². The highest BCUT2D eigenvalue weighted by molar-refractivity contribution is 6.28. The summed E-state index contributed by atoms with van der Waals surface area (Å²) < 4.78 is 0. The first-order valence-corrected chi connectivity index (χ1v) is 24.3. The Kier molecular flexibility index (Phi) is 10.8. The molecule has 12 rings (SSSR count). The molecule has 334 valence electrons. The van der Waals surface area contributed by atoms with Gasteiger partial charge in [-0.1, -0.05) is 192 Å². The minimum absolute atomic E-state index is 1.10. The second-order valence-corrected chi connectivity index (χ2v) is 18.9. The summed E-state index contributed by atoms with van der Waals surface area (Å²) in [7, 11) is 0. The maximum Gasteiger partial charge on any atom is 0.0540 e. The molecule has 2 heteroatoms. The number of nitrogens with zero attached hydrogens (tertiary/aromatic N) is 2. The summed E-state index contributed by atoms with van der Waals surface area (Å²) in [5.41, 5.74) is 21.1.